The number of nitrogens with two attached hydrogens (primary N) is 1. The Bertz CT molecular complexity index is 297. The maximum Gasteiger partial charge on any atom is 0.0244 e. The maximum absolute atomic E-state index is 5.71. The largest absolute Gasteiger partial charge is 0.271 e. The smallest absolute Gasteiger partial charge is 0.0244 e. The zero-order valence-electron chi connectivity index (χ0n) is 9.99. The standard InChI is InChI=1S/C13H22N2S/c1-10-3-2-4-12(10)13(15-14)6-5-11-7-8-16-9-11/h7-10,12-13,15H,2-6,14H2,1H3. The minimum absolute atomic E-state index is 0.498. The number of hydrogen-bond donors (Lipinski definition) is 2. The molecule has 1 saturated carbocycles. The number of hydrazine groups is 1. The highest BCUT2D eigenvalue weighted by molar-refractivity contribution is 7.07. The van der Waals surface area contributed by atoms with Gasteiger partial charge in [-0.25, -0.2) is 0 Å². The van der Waals surface area contributed by atoms with Crippen molar-refractivity contribution >= 4 is 11.3 Å². The third-order valence-electron chi connectivity index (χ3n) is 3.98. The van der Waals surface area contributed by atoms with Crippen LogP contribution in [-0.4, -0.2) is 6.04 Å². The van der Waals surface area contributed by atoms with Gasteiger partial charge in [-0.15, -0.1) is 0 Å². The van der Waals surface area contributed by atoms with E-state index in [9.17, 15) is 0 Å². The van der Waals surface area contributed by atoms with Gasteiger partial charge in [0.15, 0.2) is 0 Å². The van der Waals surface area contributed by atoms with Gasteiger partial charge in [0.05, 0.1) is 0 Å². The van der Waals surface area contributed by atoms with Crippen molar-refractivity contribution in [1.29, 1.82) is 0 Å². The minimum Gasteiger partial charge on any atom is -0.271 e. The second-order valence-electron chi connectivity index (χ2n) is 5.02. The summed E-state index contributed by atoms with van der Waals surface area (Å²) in [6.45, 7) is 2.37. The first-order valence-electron chi connectivity index (χ1n) is 6.28. The summed E-state index contributed by atoms with van der Waals surface area (Å²) in [6, 6.07) is 2.72. The molecule has 1 aliphatic carbocycles. The van der Waals surface area contributed by atoms with Crippen molar-refractivity contribution in [1.82, 2.24) is 5.43 Å². The van der Waals surface area contributed by atoms with Crippen LogP contribution in [0.25, 0.3) is 0 Å². The van der Waals surface area contributed by atoms with Gasteiger partial charge in [0.2, 0.25) is 0 Å². The van der Waals surface area contributed by atoms with Crippen LogP contribution >= 0.6 is 11.3 Å². The van der Waals surface area contributed by atoms with Crippen molar-refractivity contribution in [2.24, 2.45) is 17.7 Å². The average molecular weight is 238 g/mol. The molecule has 0 radical (unpaired) electrons. The van der Waals surface area contributed by atoms with E-state index < -0.39 is 0 Å². The second-order valence-corrected chi connectivity index (χ2v) is 5.80. The van der Waals surface area contributed by atoms with E-state index in [1.165, 1.54) is 31.2 Å². The Labute approximate surface area is 102 Å². The van der Waals surface area contributed by atoms with Gasteiger partial charge in [0.25, 0.3) is 0 Å². The van der Waals surface area contributed by atoms with Crippen LogP contribution in [0.5, 0.6) is 0 Å². The molecule has 3 heteroatoms. The van der Waals surface area contributed by atoms with E-state index >= 15 is 0 Å². The average Bonchev–Trinajstić information content (AvgIpc) is 2.92. The second kappa shape index (κ2) is 5.80. The van der Waals surface area contributed by atoms with E-state index in [0.29, 0.717) is 6.04 Å². The summed E-state index contributed by atoms with van der Waals surface area (Å²) in [5.74, 6) is 7.32. The summed E-state index contributed by atoms with van der Waals surface area (Å²) >= 11 is 1.78. The third-order valence-corrected chi connectivity index (χ3v) is 4.71. The van der Waals surface area contributed by atoms with E-state index in [1.807, 2.05) is 0 Å². The topological polar surface area (TPSA) is 38.0 Å². The Balaban J connectivity index is 1.85. The summed E-state index contributed by atoms with van der Waals surface area (Å²) < 4.78 is 0. The molecule has 0 spiro atoms. The number of rotatable bonds is 5. The minimum atomic E-state index is 0.498. The van der Waals surface area contributed by atoms with Crippen molar-refractivity contribution in [3.8, 4) is 0 Å². The van der Waals surface area contributed by atoms with Crippen molar-refractivity contribution in [2.45, 2.75) is 45.1 Å². The fourth-order valence-corrected chi connectivity index (χ4v) is 3.65. The Hall–Kier alpha value is -0.380. The molecule has 3 atom stereocenters. The lowest BCUT2D eigenvalue weighted by molar-refractivity contribution is 0.286. The van der Waals surface area contributed by atoms with Crippen LogP contribution in [0, 0.1) is 11.8 Å². The molecule has 0 aromatic carbocycles. The molecule has 90 valence electrons. The fraction of sp³-hybridized carbons (Fsp3) is 0.692. The molecule has 1 aromatic heterocycles. The third kappa shape index (κ3) is 2.84. The molecule has 2 nitrogen and oxygen atoms in total. The van der Waals surface area contributed by atoms with E-state index in [-0.39, 0.29) is 0 Å². The van der Waals surface area contributed by atoms with E-state index in [1.54, 1.807) is 11.3 Å². The van der Waals surface area contributed by atoms with Gasteiger partial charge < -0.3 is 0 Å². The van der Waals surface area contributed by atoms with Gasteiger partial charge in [-0.2, -0.15) is 11.3 Å². The summed E-state index contributed by atoms with van der Waals surface area (Å²) in [4.78, 5) is 0. The Morgan fingerprint density at radius 3 is 3.00 bits per heavy atom. The first-order valence-corrected chi connectivity index (χ1v) is 7.22. The molecule has 3 N–H and O–H groups in total. The van der Waals surface area contributed by atoms with Crippen LogP contribution in [0.3, 0.4) is 0 Å². The normalized spacial score (nSPS) is 27.1. The highest BCUT2D eigenvalue weighted by Gasteiger charge is 2.29. The first kappa shape index (κ1) is 12.1. The molecular weight excluding hydrogens is 216 g/mol. The summed E-state index contributed by atoms with van der Waals surface area (Å²) in [5, 5.41) is 4.39. The van der Waals surface area contributed by atoms with Gasteiger partial charge in [0.1, 0.15) is 0 Å². The monoisotopic (exact) mass is 238 g/mol. The Morgan fingerprint density at radius 2 is 2.44 bits per heavy atom. The summed E-state index contributed by atoms with van der Waals surface area (Å²) in [7, 11) is 0. The SMILES string of the molecule is CC1CCCC1C(CCc1ccsc1)NN. The number of nitrogens with one attached hydrogen (secondary N) is 1. The van der Waals surface area contributed by atoms with E-state index in [0.717, 1.165) is 18.3 Å². The lowest BCUT2D eigenvalue weighted by Gasteiger charge is -2.26. The predicted octanol–water partition coefficient (Wildman–Crippen LogP) is 2.95. The van der Waals surface area contributed by atoms with Crippen molar-refractivity contribution < 1.29 is 0 Å². The summed E-state index contributed by atoms with van der Waals surface area (Å²) in [5.41, 5.74) is 4.49. The van der Waals surface area contributed by atoms with Crippen LogP contribution in [0.2, 0.25) is 0 Å². The van der Waals surface area contributed by atoms with Gasteiger partial charge in [0, 0.05) is 6.04 Å². The number of hydrogen-bond acceptors (Lipinski definition) is 3. The van der Waals surface area contributed by atoms with Crippen LogP contribution in [0.15, 0.2) is 16.8 Å². The quantitative estimate of drug-likeness (QED) is 0.611. The molecule has 3 unspecified atom stereocenters. The van der Waals surface area contributed by atoms with Gasteiger partial charge in [-0.3, -0.25) is 11.3 Å². The predicted molar refractivity (Wildman–Crippen MR) is 70.3 cm³/mol. The highest BCUT2D eigenvalue weighted by atomic mass is 32.1. The molecule has 1 aromatic rings. The zero-order valence-corrected chi connectivity index (χ0v) is 10.8. The van der Waals surface area contributed by atoms with Gasteiger partial charge in [-0.05, 0) is 53.5 Å². The maximum atomic E-state index is 5.71. The first-order chi connectivity index (χ1) is 7.81. The number of thiophene rings is 1. The molecule has 0 bridgehead atoms. The zero-order chi connectivity index (χ0) is 11.4. The van der Waals surface area contributed by atoms with E-state index in [2.05, 4.69) is 29.2 Å². The van der Waals surface area contributed by atoms with Crippen molar-refractivity contribution in [3.63, 3.8) is 0 Å². The molecule has 0 saturated heterocycles. The lowest BCUT2D eigenvalue weighted by atomic mass is 9.87. The van der Waals surface area contributed by atoms with Crippen molar-refractivity contribution in [2.75, 3.05) is 0 Å². The van der Waals surface area contributed by atoms with Gasteiger partial charge >= 0.3 is 0 Å². The molecule has 1 fully saturated rings. The highest BCUT2D eigenvalue weighted by Crippen LogP contribution is 2.34. The number of aryl methyl sites for hydroxylation is 1. The molecule has 1 aliphatic rings. The van der Waals surface area contributed by atoms with E-state index in [4.69, 9.17) is 5.84 Å². The molecule has 0 aliphatic heterocycles. The van der Waals surface area contributed by atoms with Crippen LogP contribution < -0.4 is 11.3 Å². The summed E-state index contributed by atoms with van der Waals surface area (Å²) in [6.07, 6.45) is 6.42. The molecule has 0 amide bonds. The van der Waals surface area contributed by atoms with Crippen LogP contribution in [0.1, 0.15) is 38.2 Å². The molecule has 2 rings (SSSR count). The Kier molecular flexibility index (Phi) is 4.38. The molecule has 16 heavy (non-hydrogen) atoms. The van der Waals surface area contributed by atoms with Crippen LogP contribution in [0.4, 0.5) is 0 Å². The molecule has 1 heterocycles. The molecular formula is C13H22N2S. The van der Waals surface area contributed by atoms with Crippen LogP contribution in [-0.2, 0) is 6.42 Å². The fourth-order valence-electron chi connectivity index (χ4n) is 2.95. The van der Waals surface area contributed by atoms with Gasteiger partial charge in [-0.1, -0.05) is 19.8 Å². The Morgan fingerprint density at radius 1 is 1.56 bits per heavy atom. The van der Waals surface area contributed by atoms with Crippen molar-refractivity contribution in [3.05, 3.63) is 22.4 Å². The lowest BCUT2D eigenvalue weighted by Crippen LogP contribution is -2.42.